The fraction of sp³-hybridized carbons (Fsp3) is 0.192. The Bertz CT molecular complexity index is 1270. The van der Waals surface area contributed by atoms with Crippen molar-refractivity contribution in [1.29, 1.82) is 0 Å². The third kappa shape index (κ3) is 4.40. The fourth-order valence-electron chi connectivity index (χ4n) is 4.10. The molecule has 2 aromatic carbocycles. The number of pyridine rings is 1. The maximum Gasteiger partial charge on any atom is 0.295 e. The molecular weight excluding hydrogens is 455 g/mol. The number of methoxy groups -OCH3 is 3. The molecule has 8 nitrogen and oxygen atoms in total. The number of ketones is 1. The third-order valence-electron chi connectivity index (χ3n) is 5.74. The number of rotatable bonds is 7. The van der Waals surface area contributed by atoms with Gasteiger partial charge in [0.15, 0.2) is 11.5 Å². The van der Waals surface area contributed by atoms with Gasteiger partial charge in [-0.15, -0.1) is 0 Å². The molecule has 0 bridgehead atoms. The molecule has 0 radical (unpaired) electrons. The second-order valence-electron chi connectivity index (χ2n) is 7.75. The molecule has 0 aliphatic carbocycles. The van der Waals surface area contributed by atoms with Crippen LogP contribution < -0.4 is 14.2 Å². The molecule has 35 heavy (non-hydrogen) atoms. The molecule has 0 saturated carbocycles. The monoisotopic (exact) mass is 478 g/mol. The molecule has 1 aliphatic heterocycles. The van der Waals surface area contributed by atoms with E-state index in [0.29, 0.717) is 28.4 Å². The highest BCUT2D eigenvalue weighted by Gasteiger charge is 2.46. The van der Waals surface area contributed by atoms with Crippen LogP contribution in [0.1, 0.15) is 22.7 Å². The minimum Gasteiger partial charge on any atom is -0.507 e. The van der Waals surface area contributed by atoms with Gasteiger partial charge in [0.1, 0.15) is 11.6 Å². The summed E-state index contributed by atoms with van der Waals surface area (Å²) in [6.45, 7) is 0.0555. The van der Waals surface area contributed by atoms with Gasteiger partial charge in [0.2, 0.25) is 5.75 Å². The maximum absolute atomic E-state index is 13.5. The number of Topliss-reactive ketones (excluding diaryl/α,β-unsaturated/α-hetero) is 1. The summed E-state index contributed by atoms with van der Waals surface area (Å²) in [5.74, 6) is -1.62. The number of likely N-dealkylation sites (tertiary alicyclic amines) is 1. The summed E-state index contributed by atoms with van der Waals surface area (Å²) >= 11 is 0. The number of hydrogen-bond donors (Lipinski definition) is 1. The number of aliphatic hydroxyl groups is 1. The zero-order valence-electron chi connectivity index (χ0n) is 19.3. The number of hydrogen-bond acceptors (Lipinski definition) is 7. The number of halogens is 1. The van der Waals surface area contributed by atoms with Crippen LogP contribution in [-0.2, 0) is 16.1 Å². The molecule has 2 heterocycles. The maximum atomic E-state index is 13.5. The normalized spacial score (nSPS) is 16.9. The van der Waals surface area contributed by atoms with E-state index >= 15 is 0 Å². The zero-order valence-corrected chi connectivity index (χ0v) is 19.3. The molecule has 0 spiro atoms. The highest BCUT2D eigenvalue weighted by atomic mass is 19.1. The van der Waals surface area contributed by atoms with E-state index in [1.165, 1.54) is 38.4 Å². The summed E-state index contributed by atoms with van der Waals surface area (Å²) in [6, 6.07) is 10.7. The molecule has 1 atom stereocenters. The smallest absolute Gasteiger partial charge is 0.295 e. The predicted octanol–water partition coefficient (Wildman–Crippen LogP) is 3.87. The van der Waals surface area contributed by atoms with Gasteiger partial charge in [-0.2, -0.15) is 0 Å². The molecule has 0 unspecified atom stereocenters. The van der Waals surface area contributed by atoms with Crippen LogP contribution >= 0.6 is 0 Å². The molecule has 1 aliphatic rings. The minimum absolute atomic E-state index is 0.0555. The van der Waals surface area contributed by atoms with Crippen LogP contribution in [0.25, 0.3) is 5.76 Å². The van der Waals surface area contributed by atoms with E-state index < -0.39 is 29.3 Å². The average Bonchev–Trinajstić information content (AvgIpc) is 3.13. The average molecular weight is 478 g/mol. The number of nitrogens with zero attached hydrogens (tertiary/aromatic N) is 2. The Kier molecular flexibility index (Phi) is 6.68. The molecule has 3 aromatic rings. The number of aromatic nitrogens is 1. The fourth-order valence-corrected chi connectivity index (χ4v) is 4.10. The Labute approximate surface area is 201 Å². The molecule has 1 aromatic heterocycles. The van der Waals surface area contributed by atoms with E-state index in [9.17, 15) is 19.1 Å². The van der Waals surface area contributed by atoms with E-state index in [4.69, 9.17) is 14.2 Å². The lowest BCUT2D eigenvalue weighted by atomic mass is 9.94. The Morgan fingerprint density at radius 1 is 1.03 bits per heavy atom. The van der Waals surface area contributed by atoms with Crippen LogP contribution in [0.5, 0.6) is 17.2 Å². The summed E-state index contributed by atoms with van der Waals surface area (Å²) in [7, 11) is 4.36. The van der Waals surface area contributed by atoms with Crippen LogP contribution in [0.2, 0.25) is 0 Å². The second kappa shape index (κ2) is 9.84. The van der Waals surface area contributed by atoms with Gasteiger partial charge >= 0.3 is 0 Å². The van der Waals surface area contributed by atoms with Crippen LogP contribution in [0.3, 0.4) is 0 Å². The van der Waals surface area contributed by atoms with Crippen molar-refractivity contribution in [2.45, 2.75) is 12.6 Å². The Balaban J connectivity index is 1.94. The molecule has 1 amide bonds. The number of benzene rings is 2. The number of amides is 1. The number of carbonyl (C=O) groups excluding carboxylic acids is 2. The first-order valence-electron chi connectivity index (χ1n) is 10.6. The van der Waals surface area contributed by atoms with Crippen molar-refractivity contribution in [3.05, 3.63) is 89.0 Å². The number of aliphatic hydroxyl groups excluding tert-OH is 1. The van der Waals surface area contributed by atoms with E-state index in [2.05, 4.69) is 4.98 Å². The van der Waals surface area contributed by atoms with Gasteiger partial charge in [-0.3, -0.25) is 14.6 Å². The number of ether oxygens (including phenoxy) is 3. The summed E-state index contributed by atoms with van der Waals surface area (Å²) in [5.41, 5.74) is 1.20. The molecule has 9 heteroatoms. The Hall–Kier alpha value is -4.40. The quantitative estimate of drug-likeness (QED) is 0.313. The Morgan fingerprint density at radius 3 is 2.23 bits per heavy atom. The van der Waals surface area contributed by atoms with Gasteiger partial charge in [-0.05, 0) is 53.6 Å². The standard InChI is InChI=1S/C26H23FN2O6/c1-33-19-11-17(12-20(34-2)25(19)35-3)22-21(23(30)16-6-8-18(27)9-7-16)24(31)26(32)29(22)14-15-5-4-10-28-13-15/h4-13,22,30H,14H2,1-3H3/t22-/m1/s1. The van der Waals surface area contributed by atoms with Crippen LogP contribution in [0, 0.1) is 5.82 Å². The van der Waals surface area contributed by atoms with Gasteiger partial charge in [-0.25, -0.2) is 4.39 Å². The highest BCUT2D eigenvalue weighted by Crippen LogP contribution is 2.46. The Morgan fingerprint density at radius 2 is 1.69 bits per heavy atom. The van der Waals surface area contributed by atoms with Crippen LogP contribution in [0.4, 0.5) is 4.39 Å². The van der Waals surface area contributed by atoms with Crippen molar-refractivity contribution in [3.63, 3.8) is 0 Å². The first-order chi connectivity index (χ1) is 16.9. The van der Waals surface area contributed by atoms with Gasteiger partial charge in [-0.1, -0.05) is 6.07 Å². The molecule has 180 valence electrons. The van der Waals surface area contributed by atoms with E-state index in [-0.39, 0.29) is 17.7 Å². The van der Waals surface area contributed by atoms with Crippen molar-refractivity contribution in [1.82, 2.24) is 9.88 Å². The van der Waals surface area contributed by atoms with Crippen molar-refractivity contribution in [2.24, 2.45) is 0 Å². The minimum atomic E-state index is -0.992. The van der Waals surface area contributed by atoms with Crippen molar-refractivity contribution < 1.29 is 33.3 Å². The lowest BCUT2D eigenvalue weighted by Gasteiger charge is -2.26. The first kappa shape index (κ1) is 23.7. The predicted molar refractivity (Wildman–Crippen MR) is 125 cm³/mol. The lowest BCUT2D eigenvalue weighted by Crippen LogP contribution is -2.29. The third-order valence-corrected chi connectivity index (χ3v) is 5.74. The summed E-state index contributed by atoms with van der Waals surface area (Å²) < 4.78 is 29.8. The van der Waals surface area contributed by atoms with E-state index in [1.807, 2.05) is 0 Å². The molecule has 4 rings (SSSR count). The zero-order chi connectivity index (χ0) is 25.1. The number of carbonyl (C=O) groups is 2. The molecule has 1 N–H and O–H groups in total. The van der Waals surface area contributed by atoms with Gasteiger partial charge in [0.25, 0.3) is 11.7 Å². The van der Waals surface area contributed by atoms with Gasteiger partial charge < -0.3 is 24.2 Å². The van der Waals surface area contributed by atoms with Gasteiger partial charge in [0, 0.05) is 24.5 Å². The topological polar surface area (TPSA) is 98.2 Å². The highest BCUT2D eigenvalue weighted by molar-refractivity contribution is 6.46. The van der Waals surface area contributed by atoms with E-state index in [1.54, 1.807) is 36.7 Å². The SMILES string of the molecule is COc1cc([C@@H]2C(=C(O)c3ccc(F)cc3)C(=O)C(=O)N2Cc2cccnc2)cc(OC)c1OC. The lowest BCUT2D eigenvalue weighted by molar-refractivity contribution is -0.140. The van der Waals surface area contributed by atoms with E-state index in [0.717, 1.165) is 12.1 Å². The van der Waals surface area contributed by atoms with Crippen molar-refractivity contribution >= 4 is 17.4 Å². The summed E-state index contributed by atoms with van der Waals surface area (Å²) in [5, 5.41) is 11.1. The molecule has 1 saturated heterocycles. The van der Waals surface area contributed by atoms with Crippen LogP contribution in [-0.4, -0.2) is 48.0 Å². The largest absolute Gasteiger partial charge is 0.507 e. The first-order valence-corrected chi connectivity index (χ1v) is 10.6. The van der Waals surface area contributed by atoms with Crippen molar-refractivity contribution in [3.8, 4) is 17.2 Å². The van der Waals surface area contributed by atoms with Crippen LogP contribution in [0.15, 0.2) is 66.5 Å². The van der Waals surface area contributed by atoms with Crippen molar-refractivity contribution in [2.75, 3.05) is 21.3 Å². The second-order valence-corrected chi connectivity index (χ2v) is 7.75. The molecule has 1 fully saturated rings. The van der Waals surface area contributed by atoms with Gasteiger partial charge in [0.05, 0.1) is 32.9 Å². The summed E-state index contributed by atoms with van der Waals surface area (Å²) in [4.78, 5) is 31.8. The molecular formula is C26H23FN2O6. The summed E-state index contributed by atoms with van der Waals surface area (Å²) in [6.07, 6.45) is 3.19.